The number of rotatable bonds is 4. The Morgan fingerprint density at radius 3 is 2.22 bits per heavy atom. The fraction of sp³-hybridized carbons (Fsp3) is 0.333. The van der Waals surface area contributed by atoms with Crippen LogP contribution in [0.1, 0.15) is 38.8 Å². The zero-order valence-electron chi connectivity index (χ0n) is 12.4. The highest BCUT2D eigenvalue weighted by Gasteiger charge is 1.87. The average molecular weight is 242 g/mol. The van der Waals surface area contributed by atoms with Gasteiger partial charge in [0.25, 0.3) is 0 Å². The molecule has 0 fully saturated rings. The van der Waals surface area contributed by atoms with Gasteiger partial charge in [0.05, 0.1) is 0 Å². The highest BCUT2D eigenvalue weighted by molar-refractivity contribution is 5.24. The lowest BCUT2D eigenvalue weighted by Crippen LogP contribution is -1.80. The van der Waals surface area contributed by atoms with Crippen molar-refractivity contribution in [3.63, 3.8) is 0 Å². The van der Waals surface area contributed by atoms with Crippen molar-refractivity contribution in [3.8, 4) is 0 Å². The van der Waals surface area contributed by atoms with E-state index in [4.69, 9.17) is 0 Å². The molecular formula is C18H26. The summed E-state index contributed by atoms with van der Waals surface area (Å²) in [7, 11) is 0. The summed E-state index contributed by atoms with van der Waals surface area (Å²) in [6, 6.07) is 8.67. The largest absolute Gasteiger partial charge is 0.0847 e. The molecule has 0 aliphatic heterocycles. The SMILES string of the molecule is C/C=C(C)/C=C\C=C/Cc1ccc(C)cc1.CC. The van der Waals surface area contributed by atoms with Crippen LogP contribution in [0.25, 0.3) is 0 Å². The van der Waals surface area contributed by atoms with Gasteiger partial charge in [0.15, 0.2) is 0 Å². The molecule has 0 unspecified atom stereocenters. The van der Waals surface area contributed by atoms with Gasteiger partial charge in [-0.3, -0.25) is 0 Å². The lowest BCUT2D eigenvalue weighted by atomic mass is 10.1. The lowest BCUT2D eigenvalue weighted by molar-refractivity contribution is 1.26. The molecule has 98 valence electrons. The van der Waals surface area contributed by atoms with E-state index in [1.54, 1.807) is 0 Å². The summed E-state index contributed by atoms with van der Waals surface area (Å²) in [4.78, 5) is 0. The summed E-state index contributed by atoms with van der Waals surface area (Å²) in [5.41, 5.74) is 3.97. The second-order valence-corrected chi connectivity index (χ2v) is 4.01. The Hall–Kier alpha value is -1.56. The molecule has 0 aliphatic carbocycles. The molecule has 0 heteroatoms. The highest BCUT2D eigenvalue weighted by Crippen LogP contribution is 2.04. The maximum Gasteiger partial charge on any atom is -0.00943 e. The first kappa shape index (κ1) is 16.4. The summed E-state index contributed by atoms with van der Waals surface area (Å²) in [5.74, 6) is 0. The van der Waals surface area contributed by atoms with Crippen molar-refractivity contribution in [3.05, 3.63) is 71.3 Å². The molecule has 0 amide bonds. The van der Waals surface area contributed by atoms with E-state index in [1.807, 2.05) is 13.8 Å². The number of hydrogen-bond acceptors (Lipinski definition) is 0. The van der Waals surface area contributed by atoms with Crippen LogP contribution in [-0.2, 0) is 6.42 Å². The van der Waals surface area contributed by atoms with Crippen molar-refractivity contribution in [2.45, 2.75) is 41.0 Å². The van der Waals surface area contributed by atoms with Crippen molar-refractivity contribution < 1.29 is 0 Å². The number of benzene rings is 1. The predicted octanol–water partition coefficient (Wildman–Crippen LogP) is 5.64. The van der Waals surface area contributed by atoms with Gasteiger partial charge in [-0.2, -0.15) is 0 Å². The second-order valence-electron chi connectivity index (χ2n) is 4.01. The van der Waals surface area contributed by atoms with Gasteiger partial charge >= 0.3 is 0 Å². The van der Waals surface area contributed by atoms with Crippen molar-refractivity contribution in [2.24, 2.45) is 0 Å². The van der Waals surface area contributed by atoms with Crippen molar-refractivity contribution >= 4 is 0 Å². The van der Waals surface area contributed by atoms with Gasteiger partial charge in [-0.05, 0) is 32.8 Å². The zero-order chi connectivity index (χ0) is 13.8. The first-order valence-corrected chi connectivity index (χ1v) is 6.74. The van der Waals surface area contributed by atoms with Gasteiger partial charge in [0.2, 0.25) is 0 Å². The van der Waals surface area contributed by atoms with E-state index in [9.17, 15) is 0 Å². The molecular weight excluding hydrogens is 216 g/mol. The van der Waals surface area contributed by atoms with Gasteiger partial charge in [0.1, 0.15) is 0 Å². The lowest BCUT2D eigenvalue weighted by Gasteiger charge is -1.96. The van der Waals surface area contributed by atoms with Crippen LogP contribution in [0.5, 0.6) is 0 Å². The Labute approximate surface area is 113 Å². The third-order valence-corrected chi connectivity index (χ3v) is 2.54. The summed E-state index contributed by atoms with van der Waals surface area (Å²) < 4.78 is 0. The van der Waals surface area contributed by atoms with Crippen LogP contribution in [0.2, 0.25) is 0 Å². The summed E-state index contributed by atoms with van der Waals surface area (Å²) in [6.45, 7) is 10.3. The monoisotopic (exact) mass is 242 g/mol. The van der Waals surface area contributed by atoms with Crippen LogP contribution < -0.4 is 0 Å². The Morgan fingerprint density at radius 1 is 1.06 bits per heavy atom. The van der Waals surface area contributed by atoms with E-state index in [1.165, 1.54) is 16.7 Å². The molecule has 0 aliphatic rings. The summed E-state index contributed by atoms with van der Waals surface area (Å²) in [5, 5.41) is 0. The van der Waals surface area contributed by atoms with Crippen LogP contribution in [0.4, 0.5) is 0 Å². The van der Waals surface area contributed by atoms with Crippen LogP contribution in [0.3, 0.4) is 0 Å². The van der Waals surface area contributed by atoms with E-state index in [-0.39, 0.29) is 0 Å². The van der Waals surface area contributed by atoms with Crippen molar-refractivity contribution in [2.75, 3.05) is 0 Å². The normalized spacial score (nSPS) is 11.7. The molecule has 0 bridgehead atoms. The molecule has 0 atom stereocenters. The predicted molar refractivity (Wildman–Crippen MR) is 83.9 cm³/mol. The molecule has 0 nitrogen and oxygen atoms in total. The molecule has 18 heavy (non-hydrogen) atoms. The summed E-state index contributed by atoms with van der Waals surface area (Å²) in [6.07, 6.45) is 11.6. The van der Waals surface area contributed by atoms with E-state index in [0.717, 1.165) is 6.42 Å². The van der Waals surface area contributed by atoms with E-state index in [0.29, 0.717) is 0 Å². The Balaban J connectivity index is 0.00000137. The maximum atomic E-state index is 2.18. The average Bonchev–Trinajstić information content (AvgIpc) is 2.42. The van der Waals surface area contributed by atoms with Gasteiger partial charge in [-0.1, -0.05) is 79.6 Å². The van der Waals surface area contributed by atoms with E-state index >= 15 is 0 Å². The van der Waals surface area contributed by atoms with Gasteiger partial charge in [0, 0.05) is 0 Å². The number of allylic oxidation sites excluding steroid dienone is 6. The van der Waals surface area contributed by atoms with Gasteiger partial charge in [-0.25, -0.2) is 0 Å². The van der Waals surface area contributed by atoms with E-state index < -0.39 is 0 Å². The van der Waals surface area contributed by atoms with Crippen LogP contribution in [0, 0.1) is 6.92 Å². The molecule has 0 N–H and O–H groups in total. The number of hydrogen-bond donors (Lipinski definition) is 0. The topological polar surface area (TPSA) is 0 Å². The van der Waals surface area contributed by atoms with Crippen LogP contribution >= 0.6 is 0 Å². The second kappa shape index (κ2) is 10.6. The zero-order valence-corrected chi connectivity index (χ0v) is 12.4. The third kappa shape index (κ3) is 7.67. The molecule has 1 rings (SSSR count). The minimum atomic E-state index is 1.000. The first-order valence-electron chi connectivity index (χ1n) is 6.74. The van der Waals surface area contributed by atoms with Gasteiger partial charge < -0.3 is 0 Å². The Bertz CT molecular complexity index is 389. The molecule has 1 aromatic carbocycles. The fourth-order valence-electron chi connectivity index (χ4n) is 1.31. The molecule has 0 heterocycles. The Morgan fingerprint density at radius 2 is 1.67 bits per heavy atom. The molecule has 0 aromatic heterocycles. The molecule has 1 aromatic rings. The maximum absolute atomic E-state index is 2.18. The fourth-order valence-corrected chi connectivity index (χ4v) is 1.31. The molecule has 0 radical (unpaired) electrons. The van der Waals surface area contributed by atoms with Crippen LogP contribution in [0.15, 0.2) is 60.2 Å². The number of aryl methyl sites for hydroxylation is 1. The van der Waals surface area contributed by atoms with Crippen LogP contribution in [-0.4, -0.2) is 0 Å². The third-order valence-electron chi connectivity index (χ3n) is 2.54. The highest BCUT2D eigenvalue weighted by atomic mass is 13.9. The molecule has 0 spiro atoms. The van der Waals surface area contributed by atoms with Crippen molar-refractivity contribution in [1.82, 2.24) is 0 Å². The summed E-state index contributed by atoms with van der Waals surface area (Å²) >= 11 is 0. The van der Waals surface area contributed by atoms with E-state index in [2.05, 4.69) is 75.4 Å². The minimum Gasteiger partial charge on any atom is -0.0847 e. The minimum absolute atomic E-state index is 1.000. The Kier molecular flexibility index (Phi) is 9.67. The molecule has 0 saturated carbocycles. The quantitative estimate of drug-likeness (QED) is 0.599. The first-order chi connectivity index (χ1) is 8.72. The van der Waals surface area contributed by atoms with Crippen molar-refractivity contribution in [1.29, 1.82) is 0 Å². The molecule has 0 saturated heterocycles. The standard InChI is InChI=1S/C16H20.C2H6/c1-4-14(2)8-6-5-7-9-16-12-10-15(3)11-13-16;1-2/h4-8,10-13H,9H2,1-3H3;1-2H3/b7-5-,8-6-,14-4+;. The van der Waals surface area contributed by atoms with Gasteiger partial charge in [-0.15, -0.1) is 0 Å². The smallest absolute Gasteiger partial charge is 0.00943 e.